The van der Waals surface area contributed by atoms with E-state index in [-0.39, 0.29) is 29.0 Å². The van der Waals surface area contributed by atoms with Gasteiger partial charge in [0.25, 0.3) is 11.1 Å². The molecule has 4 aromatic rings. The molecule has 4 heterocycles. The maximum atomic E-state index is 13.8. The second-order valence-electron chi connectivity index (χ2n) is 9.33. The van der Waals surface area contributed by atoms with Crippen LogP contribution < -0.4 is 15.9 Å². The fourth-order valence-corrected chi connectivity index (χ4v) is 5.48. The van der Waals surface area contributed by atoms with Crippen LogP contribution in [0.1, 0.15) is 40.3 Å². The first kappa shape index (κ1) is 21.4. The highest BCUT2D eigenvalue weighted by atomic mass is 16.5. The van der Waals surface area contributed by atoms with Crippen LogP contribution in [0.2, 0.25) is 0 Å². The summed E-state index contributed by atoms with van der Waals surface area (Å²) in [7, 11) is 0. The molecule has 0 aliphatic carbocycles. The predicted octanol–water partition coefficient (Wildman–Crippen LogP) is 3.42. The first-order valence-electron chi connectivity index (χ1n) is 11.8. The van der Waals surface area contributed by atoms with Crippen LogP contribution in [-0.2, 0) is 30.7 Å². The van der Waals surface area contributed by atoms with Crippen LogP contribution in [0.5, 0.6) is 11.5 Å². The lowest BCUT2D eigenvalue weighted by Crippen LogP contribution is -2.36. The van der Waals surface area contributed by atoms with E-state index >= 15 is 0 Å². The number of rotatable bonds is 4. The number of benzene rings is 2. The second-order valence-corrected chi connectivity index (χ2v) is 9.33. The Morgan fingerprint density at radius 2 is 1.83 bits per heavy atom. The number of phenols is 1. The highest BCUT2D eigenvalue weighted by molar-refractivity contribution is 5.85. The molecule has 1 N–H and O–H groups in total. The number of hydrogen-bond donors (Lipinski definition) is 1. The smallest absolute Gasteiger partial charge is 0.312 e. The zero-order chi connectivity index (χ0) is 24.3. The van der Waals surface area contributed by atoms with E-state index in [4.69, 9.17) is 4.74 Å². The van der Waals surface area contributed by atoms with E-state index in [2.05, 4.69) is 0 Å². The fourth-order valence-electron chi connectivity index (χ4n) is 5.48. The van der Waals surface area contributed by atoms with Gasteiger partial charge in [-0.05, 0) is 54.5 Å². The second kappa shape index (κ2) is 7.98. The number of hydrogen-bond acceptors (Lipinski definition) is 5. The first-order valence-corrected chi connectivity index (χ1v) is 11.8. The van der Waals surface area contributed by atoms with Crippen LogP contribution >= 0.6 is 0 Å². The van der Waals surface area contributed by atoms with Crippen LogP contribution in [0.3, 0.4) is 0 Å². The SMILES string of the molecule is Cc1cc2c(c(=O)n1CCc1ccc(O)cc1)[C@H](c1cc3cccc4c3n(c1=O)CC4)CC(=O)O2. The molecule has 6 rings (SSSR count). The third-order valence-electron chi connectivity index (χ3n) is 7.21. The van der Waals surface area contributed by atoms with Gasteiger partial charge in [-0.15, -0.1) is 0 Å². The molecule has 0 radical (unpaired) electrons. The molecule has 2 aromatic carbocycles. The number of aryl methyl sites for hydroxylation is 4. The Morgan fingerprint density at radius 3 is 2.63 bits per heavy atom. The summed E-state index contributed by atoms with van der Waals surface area (Å²) in [4.78, 5) is 39.8. The molecule has 0 unspecified atom stereocenters. The number of ether oxygens (including phenoxy) is 1. The summed E-state index contributed by atoms with van der Waals surface area (Å²) in [6.45, 7) is 2.83. The Hall–Kier alpha value is -4.13. The van der Waals surface area contributed by atoms with Gasteiger partial charge in [-0.25, -0.2) is 0 Å². The van der Waals surface area contributed by atoms with Gasteiger partial charge in [-0.2, -0.15) is 0 Å². The number of carbonyl (C=O) groups is 1. The molecule has 35 heavy (non-hydrogen) atoms. The molecule has 0 saturated carbocycles. The van der Waals surface area contributed by atoms with Crippen molar-refractivity contribution in [3.8, 4) is 11.5 Å². The molecule has 2 aromatic heterocycles. The van der Waals surface area contributed by atoms with Crippen LogP contribution in [0.25, 0.3) is 10.9 Å². The lowest BCUT2D eigenvalue weighted by molar-refractivity contribution is -0.135. The van der Waals surface area contributed by atoms with Crippen LogP contribution in [0, 0.1) is 6.92 Å². The number of nitrogens with zero attached hydrogens (tertiary/aromatic N) is 2. The molecular formula is C28H24N2O5. The van der Waals surface area contributed by atoms with Crippen molar-refractivity contribution < 1.29 is 14.6 Å². The normalized spacial score (nSPS) is 16.4. The topological polar surface area (TPSA) is 90.5 Å². The van der Waals surface area contributed by atoms with Crippen molar-refractivity contribution in [3.05, 3.63) is 103 Å². The van der Waals surface area contributed by atoms with E-state index in [1.807, 2.05) is 43.3 Å². The Balaban J connectivity index is 1.47. The lowest BCUT2D eigenvalue weighted by atomic mass is 9.86. The summed E-state index contributed by atoms with van der Waals surface area (Å²) >= 11 is 0. The van der Waals surface area contributed by atoms with Crippen LogP contribution in [0.15, 0.2) is 64.2 Å². The molecule has 0 saturated heterocycles. The molecule has 2 aliphatic rings. The average Bonchev–Trinajstić information content (AvgIpc) is 3.27. The zero-order valence-electron chi connectivity index (χ0n) is 19.3. The van der Waals surface area contributed by atoms with Gasteiger partial charge in [0.15, 0.2) is 0 Å². The van der Waals surface area contributed by atoms with E-state index in [1.165, 1.54) is 0 Å². The minimum Gasteiger partial charge on any atom is -0.508 e. The van der Waals surface area contributed by atoms with Crippen LogP contribution in [0.4, 0.5) is 0 Å². The monoisotopic (exact) mass is 468 g/mol. The largest absolute Gasteiger partial charge is 0.508 e. The lowest BCUT2D eigenvalue weighted by Gasteiger charge is -2.26. The van der Waals surface area contributed by atoms with Gasteiger partial charge >= 0.3 is 5.97 Å². The number of esters is 1. The molecule has 2 aliphatic heterocycles. The molecule has 0 fully saturated rings. The fraction of sp³-hybridized carbons (Fsp3) is 0.250. The summed E-state index contributed by atoms with van der Waals surface area (Å²) in [5.41, 5.74) is 4.17. The Kier molecular flexibility index (Phi) is 4.88. The number of aromatic hydroxyl groups is 1. The van der Waals surface area contributed by atoms with Gasteiger partial charge in [0.2, 0.25) is 0 Å². The number of para-hydroxylation sites is 1. The quantitative estimate of drug-likeness (QED) is 0.464. The predicted molar refractivity (Wildman–Crippen MR) is 131 cm³/mol. The van der Waals surface area contributed by atoms with E-state index in [1.54, 1.807) is 27.3 Å². The Labute approximate surface area is 200 Å². The van der Waals surface area contributed by atoms with Gasteiger partial charge in [0, 0.05) is 36.3 Å². The Morgan fingerprint density at radius 1 is 1.03 bits per heavy atom. The molecule has 176 valence electrons. The number of aromatic nitrogens is 2. The average molecular weight is 469 g/mol. The van der Waals surface area contributed by atoms with Crippen molar-refractivity contribution in [2.24, 2.45) is 0 Å². The van der Waals surface area contributed by atoms with Gasteiger partial charge in [0.1, 0.15) is 11.5 Å². The number of pyridine rings is 2. The van der Waals surface area contributed by atoms with Crippen molar-refractivity contribution in [2.75, 3.05) is 0 Å². The molecule has 0 spiro atoms. The maximum absolute atomic E-state index is 13.8. The number of carbonyl (C=O) groups excluding carboxylic acids is 1. The van der Waals surface area contributed by atoms with Crippen molar-refractivity contribution in [3.63, 3.8) is 0 Å². The third kappa shape index (κ3) is 3.46. The van der Waals surface area contributed by atoms with Gasteiger partial charge in [0.05, 0.1) is 17.5 Å². The highest BCUT2D eigenvalue weighted by Gasteiger charge is 2.35. The van der Waals surface area contributed by atoms with E-state index in [0.717, 1.165) is 28.5 Å². The van der Waals surface area contributed by atoms with Crippen LogP contribution in [-0.4, -0.2) is 20.2 Å². The zero-order valence-corrected chi connectivity index (χ0v) is 19.3. The number of fused-ring (bicyclic) bond motifs is 1. The van der Waals surface area contributed by atoms with Crippen molar-refractivity contribution in [1.29, 1.82) is 0 Å². The van der Waals surface area contributed by atoms with Gasteiger partial charge in [-0.1, -0.05) is 30.3 Å². The van der Waals surface area contributed by atoms with Crippen molar-refractivity contribution >= 4 is 16.9 Å². The third-order valence-corrected chi connectivity index (χ3v) is 7.21. The standard InChI is InChI=1S/C28H24N2O5/c1-16-13-23-25(28(34)29(16)11-9-17-5-7-20(31)8-6-17)21(15-24(32)35-23)22-14-19-4-2-3-18-10-12-30(26(18)19)27(22)33/h2-8,13-14,21,31H,9-12,15H2,1H3/t21-/m0/s1. The van der Waals surface area contributed by atoms with Gasteiger partial charge in [-0.3, -0.25) is 14.4 Å². The highest BCUT2D eigenvalue weighted by Crippen LogP contribution is 2.37. The number of phenolic OH excluding ortho intramolecular Hbond substituents is 1. The molecule has 0 amide bonds. The molecule has 7 nitrogen and oxygen atoms in total. The van der Waals surface area contributed by atoms with E-state index in [0.29, 0.717) is 36.3 Å². The minimum atomic E-state index is -0.663. The van der Waals surface area contributed by atoms with Crippen molar-refractivity contribution in [1.82, 2.24) is 9.13 Å². The summed E-state index contributed by atoms with van der Waals surface area (Å²) in [5, 5.41) is 10.5. The summed E-state index contributed by atoms with van der Waals surface area (Å²) in [6, 6.07) is 16.4. The van der Waals surface area contributed by atoms with E-state index < -0.39 is 11.9 Å². The van der Waals surface area contributed by atoms with E-state index in [9.17, 15) is 19.5 Å². The summed E-state index contributed by atoms with van der Waals surface area (Å²) < 4.78 is 8.93. The minimum absolute atomic E-state index is 0.0519. The molecule has 7 heteroatoms. The summed E-state index contributed by atoms with van der Waals surface area (Å²) in [6.07, 6.45) is 1.34. The van der Waals surface area contributed by atoms with Crippen molar-refractivity contribution in [2.45, 2.75) is 45.2 Å². The summed E-state index contributed by atoms with van der Waals surface area (Å²) in [5.74, 6) is -0.677. The van der Waals surface area contributed by atoms with Gasteiger partial charge < -0.3 is 19.0 Å². The maximum Gasteiger partial charge on any atom is 0.312 e. The first-order chi connectivity index (χ1) is 16.9. The molecule has 0 bridgehead atoms. The molecule has 1 atom stereocenters. The molecular weight excluding hydrogens is 444 g/mol. The Bertz CT molecular complexity index is 1630.